The van der Waals surface area contributed by atoms with Gasteiger partial charge in [-0.15, -0.1) is 0 Å². The molecule has 0 aliphatic carbocycles. The van der Waals surface area contributed by atoms with Crippen LogP contribution in [0, 0.1) is 0 Å². The summed E-state index contributed by atoms with van der Waals surface area (Å²) in [5.41, 5.74) is 3.47. The minimum Gasteiger partial charge on any atom is -0.372 e. The summed E-state index contributed by atoms with van der Waals surface area (Å²) in [5.74, 6) is 1.06. The number of imidazole rings is 1. The lowest BCUT2D eigenvalue weighted by molar-refractivity contribution is 0.0983. The maximum atomic E-state index is 5.94. The summed E-state index contributed by atoms with van der Waals surface area (Å²) >= 11 is 0. The molecule has 4 rings (SSSR count). The standard InChI is InChI=1S/C19H21N3O/c1-22-17-10-6-5-9-15(17)21-18(22)13-20-16-11-12-23-19(16)14-7-3-2-4-8-14/h2-10,16,19-20H,11-13H2,1H3/t16-,19+/m1/s1. The highest BCUT2D eigenvalue weighted by molar-refractivity contribution is 5.75. The third-order valence-corrected chi connectivity index (χ3v) is 4.62. The second-order valence-electron chi connectivity index (χ2n) is 6.05. The van der Waals surface area contributed by atoms with Crippen LogP contribution < -0.4 is 5.32 Å². The fraction of sp³-hybridized carbons (Fsp3) is 0.316. The summed E-state index contributed by atoms with van der Waals surface area (Å²) < 4.78 is 8.10. The van der Waals surface area contributed by atoms with E-state index in [0.717, 1.165) is 30.9 Å². The van der Waals surface area contributed by atoms with Gasteiger partial charge in [0.25, 0.3) is 0 Å². The second kappa shape index (κ2) is 6.14. The number of para-hydroxylation sites is 2. The molecule has 0 bridgehead atoms. The van der Waals surface area contributed by atoms with E-state index in [1.54, 1.807) is 0 Å². The average Bonchev–Trinajstić information content (AvgIpc) is 3.19. The molecule has 0 amide bonds. The van der Waals surface area contributed by atoms with Gasteiger partial charge in [-0.25, -0.2) is 4.98 Å². The second-order valence-corrected chi connectivity index (χ2v) is 6.05. The van der Waals surface area contributed by atoms with Crippen molar-refractivity contribution >= 4 is 11.0 Å². The smallest absolute Gasteiger partial charge is 0.123 e. The summed E-state index contributed by atoms with van der Waals surface area (Å²) in [5, 5.41) is 3.64. The van der Waals surface area contributed by atoms with E-state index >= 15 is 0 Å². The van der Waals surface area contributed by atoms with Crippen molar-refractivity contribution in [2.24, 2.45) is 7.05 Å². The fourth-order valence-corrected chi connectivity index (χ4v) is 3.35. The van der Waals surface area contributed by atoms with Crippen LogP contribution in [0.2, 0.25) is 0 Å². The Kier molecular flexibility index (Phi) is 3.85. The van der Waals surface area contributed by atoms with Crippen LogP contribution in [0.15, 0.2) is 54.6 Å². The van der Waals surface area contributed by atoms with Gasteiger partial charge in [0.05, 0.1) is 23.7 Å². The van der Waals surface area contributed by atoms with Crippen molar-refractivity contribution in [2.75, 3.05) is 6.61 Å². The lowest BCUT2D eigenvalue weighted by Crippen LogP contribution is -2.32. The zero-order valence-corrected chi connectivity index (χ0v) is 13.3. The van der Waals surface area contributed by atoms with E-state index in [2.05, 4.69) is 59.4 Å². The Bertz CT molecular complexity index is 797. The molecule has 1 aliphatic rings. The van der Waals surface area contributed by atoms with Gasteiger partial charge in [0.15, 0.2) is 0 Å². The maximum absolute atomic E-state index is 5.94. The van der Waals surface area contributed by atoms with E-state index in [-0.39, 0.29) is 6.10 Å². The van der Waals surface area contributed by atoms with Crippen LogP contribution in [-0.2, 0) is 18.3 Å². The molecule has 1 N–H and O–H groups in total. The van der Waals surface area contributed by atoms with Crippen LogP contribution in [0.1, 0.15) is 23.9 Å². The van der Waals surface area contributed by atoms with Crippen molar-refractivity contribution in [3.05, 3.63) is 66.0 Å². The number of ether oxygens (including phenoxy) is 1. The molecule has 118 valence electrons. The Morgan fingerprint density at radius 2 is 1.91 bits per heavy atom. The van der Waals surface area contributed by atoms with E-state index in [1.807, 2.05) is 12.1 Å². The summed E-state index contributed by atoms with van der Waals surface area (Å²) in [7, 11) is 2.08. The van der Waals surface area contributed by atoms with Crippen molar-refractivity contribution in [1.82, 2.24) is 14.9 Å². The topological polar surface area (TPSA) is 39.1 Å². The Labute approximate surface area is 136 Å². The van der Waals surface area contributed by atoms with E-state index in [0.29, 0.717) is 6.04 Å². The first-order valence-electron chi connectivity index (χ1n) is 8.13. The zero-order valence-electron chi connectivity index (χ0n) is 13.3. The van der Waals surface area contributed by atoms with Gasteiger partial charge in [0.1, 0.15) is 5.82 Å². The lowest BCUT2D eigenvalue weighted by atomic mass is 10.0. The normalized spacial score (nSPS) is 21.1. The van der Waals surface area contributed by atoms with Crippen molar-refractivity contribution in [3.63, 3.8) is 0 Å². The molecule has 2 heterocycles. The van der Waals surface area contributed by atoms with Crippen LogP contribution >= 0.6 is 0 Å². The molecule has 0 unspecified atom stereocenters. The summed E-state index contributed by atoms with van der Waals surface area (Å²) in [6.07, 6.45) is 1.16. The van der Waals surface area contributed by atoms with Crippen molar-refractivity contribution in [3.8, 4) is 0 Å². The number of nitrogens with zero attached hydrogens (tertiary/aromatic N) is 2. The van der Waals surface area contributed by atoms with Crippen LogP contribution in [0.3, 0.4) is 0 Å². The predicted molar refractivity (Wildman–Crippen MR) is 91.1 cm³/mol. The number of rotatable bonds is 4. The van der Waals surface area contributed by atoms with E-state index < -0.39 is 0 Å². The van der Waals surface area contributed by atoms with Gasteiger partial charge in [-0.1, -0.05) is 42.5 Å². The molecule has 0 saturated carbocycles. The van der Waals surface area contributed by atoms with Crippen LogP contribution in [0.5, 0.6) is 0 Å². The van der Waals surface area contributed by atoms with Gasteiger partial charge in [0.2, 0.25) is 0 Å². The van der Waals surface area contributed by atoms with Crippen molar-refractivity contribution < 1.29 is 4.74 Å². The molecule has 1 saturated heterocycles. The van der Waals surface area contributed by atoms with Gasteiger partial charge in [0, 0.05) is 19.7 Å². The van der Waals surface area contributed by atoms with E-state index in [1.165, 1.54) is 11.1 Å². The third kappa shape index (κ3) is 2.76. The molecule has 4 nitrogen and oxygen atoms in total. The summed E-state index contributed by atoms with van der Waals surface area (Å²) in [6.45, 7) is 1.56. The largest absolute Gasteiger partial charge is 0.372 e. The van der Waals surface area contributed by atoms with E-state index in [4.69, 9.17) is 9.72 Å². The van der Waals surface area contributed by atoms with Gasteiger partial charge < -0.3 is 14.6 Å². The molecule has 1 aromatic heterocycles. The highest BCUT2D eigenvalue weighted by Gasteiger charge is 2.29. The monoisotopic (exact) mass is 307 g/mol. The van der Waals surface area contributed by atoms with Gasteiger partial charge in [-0.2, -0.15) is 0 Å². The SMILES string of the molecule is Cn1c(CN[C@@H]2CCO[C@H]2c2ccccc2)nc2ccccc21. The molecule has 0 radical (unpaired) electrons. The molecule has 2 atom stereocenters. The zero-order chi connectivity index (χ0) is 15.6. The average molecular weight is 307 g/mol. The van der Waals surface area contributed by atoms with Crippen molar-refractivity contribution in [2.45, 2.75) is 25.1 Å². The van der Waals surface area contributed by atoms with Crippen LogP contribution in [0.25, 0.3) is 11.0 Å². The molecule has 0 spiro atoms. The van der Waals surface area contributed by atoms with Crippen LogP contribution in [-0.4, -0.2) is 22.2 Å². The number of hydrogen-bond donors (Lipinski definition) is 1. The molecule has 1 fully saturated rings. The number of benzene rings is 2. The lowest BCUT2D eigenvalue weighted by Gasteiger charge is -2.20. The minimum atomic E-state index is 0.130. The van der Waals surface area contributed by atoms with Crippen LogP contribution in [0.4, 0.5) is 0 Å². The van der Waals surface area contributed by atoms with Gasteiger partial charge in [-0.05, 0) is 24.1 Å². The first-order valence-corrected chi connectivity index (χ1v) is 8.13. The summed E-state index contributed by atoms with van der Waals surface area (Å²) in [4.78, 5) is 4.73. The molecular formula is C19H21N3O. The quantitative estimate of drug-likeness (QED) is 0.804. The maximum Gasteiger partial charge on any atom is 0.123 e. The summed E-state index contributed by atoms with van der Waals surface area (Å²) in [6, 6.07) is 19.0. The third-order valence-electron chi connectivity index (χ3n) is 4.62. The number of nitrogens with one attached hydrogen (secondary N) is 1. The molecule has 3 aromatic rings. The molecule has 2 aromatic carbocycles. The Morgan fingerprint density at radius 3 is 2.74 bits per heavy atom. The number of fused-ring (bicyclic) bond motifs is 1. The molecule has 4 heteroatoms. The Balaban J connectivity index is 1.50. The number of hydrogen-bond acceptors (Lipinski definition) is 3. The number of aromatic nitrogens is 2. The highest BCUT2D eigenvalue weighted by atomic mass is 16.5. The van der Waals surface area contributed by atoms with Crippen molar-refractivity contribution in [1.29, 1.82) is 0 Å². The fourth-order valence-electron chi connectivity index (χ4n) is 3.35. The van der Waals surface area contributed by atoms with E-state index in [9.17, 15) is 0 Å². The Hall–Kier alpha value is -2.17. The van der Waals surface area contributed by atoms with Gasteiger partial charge >= 0.3 is 0 Å². The van der Waals surface area contributed by atoms with Gasteiger partial charge in [-0.3, -0.25) is 0 Å². The minimum absolute atomic E-state index is 0.130. The molecular weight excluding hydrogens is 286 g/mol. The highest BCUT2D eigenvalue weighted by Crippen LogP contribution is 2.29. The molecule has 23 heavy (non-hydrogen) atoms. The predicted octanol–water partition coefficient (Wildman–Crippen LogP) is 3.19. The first kappa shape index (κ1) is 14.4. The first-order chi connectivity index (χ1) is 11.3. The number of aryl methyl sites for hydroxylation is 1. The molecule has 1 aliphatic heterocycles. The Morgan fingerprint density at radius 1 is 1.13 bits per heavy atom.